The molecule has 412 valence electrons. The Kier molecular flexibility index (Phi) is 56.8. The topological polar surface area (TPSA) is 78.9 Å². The van der Waals surface area contributed by atoms with Gasteiger partial charge in [0.2, 0.25) is 0 Å². The molecule has 0 radical (unpaired) electrons. The van der Waals surface area contributed by atoms with E-state index in [9.17, 15) is 14.4 Å². The summed E-state index contributed by atoms with van der Waals surface area (Å²) < 4.78 is 16.9. The predicted molar refractivity (Wildman–Crippen MR) is 311 cm³/mol. The number of hydrogen-bond donors (Lipinski definition) is 0. The summed E-state index contributed by atoms with van der Waals surface area (Å²) in [7, 11) is 0. The maximum atomic E-state index is 12.9. The highest BCUT2D eigenvalue weighted by molar-refractivity contribution is 5.71. The molecule has 0 amide bonds. The Morgan fingerprint density at radius 3 is 0.861 bits per heavy atom. The van der Waals surface area contributed by atoms with Gasteiger partial charge in [-0.1, -0.05) is 246 Å². The van der Waals surface area contributed by atoms with Gasteiger partial charge < -0.3 is 14.2 Å². The third kappa shape index (κ3) is 57.2. The molecule has 6 heteroatoms. The maximum Gasteiger partial charge on any atom is 0.306 e. The van der Waals surface area contributed by atoms with Crippen molar-refractivity contribution >= 4 is 17.9 Å². The molecule has 0 aliphatic carbocycles. The summed E-state index contributed by atoms with van der Waals surface area (Å²) in [4.78, 5) is 38.3. The zero-order chi connectivity index (χ0) is 52.2. The van der Waals surface area contributed by atoms with E-state index in [0.29, 0.717) is 19.3 Å². The first-order valence-corrected chi connectivity index (χ1v) is 30.2. The van der Waals surface area contributed by atoms with Gasteiger partial charge in [-0.3, -0.25) is 14.4 Å². The number of esters is 3. The number of rotatable bonds is 54. The fourth-order valence-corrected chi connectivity index (χ4v) is 8.33. The summed E-state index contributed by atoms with van der Waals surface area (Å²) in [6.07, 6.45) is 79.7. The van der Waals surface area contributed by atoms with Crippen molar-refractivity contribution in [1.82, 2.24) is 0 Å². The summed E-state index contributed by atoms with van der Waals surface area (Å²) in [5.41, 5.74) is 0. The molecule has 0 bridgehead atoms. The number of allylic oxidation sites excluding steroid dienone is 16. The normalized spacial score (nSPS) is 12.8. The van der Waals surface area contributed by atoms with E-state index in [1.165, 1.54) is 122 Å². The Labute approximate surface area is 445 Å². The Balaban J connectivity index is 4.43. The van der Waals surface area contributed by atoms with E-state index in [2.05, 4.69) is 118 Å². The highest BCUT2D eigenvalue weighted by Gasteiger charge is 2.19. The Bertz CT molecular complexity index is 1430. The molecule has 0 heterocycles. The summed E-state index contributed by atoms with van der Waals surface area (Å²) >= 11 is 0. The van der Waals surface area contributed by atoms with Gasteiger partial charge in [0.05, 0.1) is 0 Å². The Morgan fingerprint density at radius 2 is 0.542 bits per heavy atom. The molecule has 0 aromatic rings. The highest BCUT2D eigenvalue weighted by atomic mass is 16.6. The van der Waals surface area contributed by atoms with Crippen molar-refractivity contribution in [3.05, 3.63) is 97.2 Å². The molecule has 0 fully saturated rings. The molecule has 72 heavy (non-hydrogen) atoms. The van der Waals surface area contributed by atoms with E-state index in [-0.39, 0.29) is 31.1 Å². The minimum Gasteiger partial charge on any atom is -0.462 e. The fraction of sp³-hybridized carbons (Fsp3) is 0.712. The van der Waals surface area contributed by atoms with Crippen molar-refractivity contribution in [3.8, 4) is 0 Å². The van der Waals surface area contributed by atoms with Crippen LogP contribution in [0.4, 0.5) is 0 Å². The zero-order valence-electron chi connectivity index (χ0n) is 47.2. The molecule has 0 saturated carbocycles. The van der Waals surface area contributed by atoms with Crippen LogP contribution in [0.1, 0.15) is 284 Å². The van der Waals surface area contributed by atoms with Gasteiger partial charge in [-0.25, -0.2) is 0 Å². The van der Waals surface area contributed by atoms with Crippen molar-refractivity contribution < 1.29 is 28.6 Å². The lowest BCUT2D eigenvalue weighted by molar-refractivity contribution is -0.167. The average molecular weight is 1000 g/mol. The largest absolute Gasteiger partial charge is 0.462 e. The van der Waals surface area contributed by atoms with E-state index in [1.807, 2.05) is 0 Å². The molecular formula is C66H112O6. The summed E-state index contributed by atoms with van der Waals surface area (Å²) in [5, 5.41) is 0. The molecule has 0 N–H and O–H groups in total. The highest BCUT2D eigenvalue weighted by Crippen LogP contribution is 2.15. The molecule has 0 aromatic heterocycles. The lowest BCUT2D eigenvalue weighted by Crippen LogP contribution is -2.30. The Hall–Kier alpha value is -3.67. The first-order chi connectivity index (χ1) is 35.5. The third-order valence-corrected chi connectivity index (χ3v) is 12.8. The minimum absolute atomic E-state index is 0.0892. The molecule has 0 aliphatic heterocycles. The first kappa shape index (κ1) is 68.3. The molecular weight excluding hydrogens is 889 g/mol. The van der Waals surface area contributed by atoms with Gasteiger partial charge in [-0.05, 0) is 116 Å². The number of unbranched alkanes of at least 4 members (excludes halogenated alkanes) is 27. The van der Waals surface area contributed by atoms with Crippen LogP contribution in [0.25, 0.3) is 0 Å². The van der Waals surface area contributed by atoms with Crippen LogP contribution >= 0.6 is 0 Å². The molecule has 1 unspecified atom stereocenters. The summed E-state index contributed by atoms with van der Waals surface area (Å²) in [6, 6.07) is 0. The Morgan fingerprint density at radius 1 is 0.292 bits per heavy atom. The quantitative estimate of drug-likeness (QED) is 0.0261. The number of carbonyl (C=O) groups excluding carboxylic acids is 3. The smallest absolute Gasteiger partial charge is 0.306 e. The van der Waals surface area contributed by atoms with Crippen molar-refractivity contribution in [1.29, 1.82) is 0 Å². The van der Waals surface area contributed by atoms with Crippen LogP contribution in [0.15, 0.2) is 97.2 Å². The molecule has 0 spiro atoms. The maximum absolute atomic E-state index is 12.9. The fourth-order valence-electron chi connectivity index (χ4n) is 8.33. The monoisotopic (exact) mass is 1000 g/mol. The summed E-state index contributed by atoms with van der Waals surface area (Å²) in [6.45, 7) is 6.41. The lowest BCUT2D eigenvalue weighted by Gasteiger charge is -2.18. The van der Waals surface area contributed by atoms with Crippen molar-refractivity contribution in [3.63, 3.8) is 0 Å². The molecule has 0 rings (SSSR count). The molecule has 0 saturated heterocycles. The van der Waals surface area contributed by atoms with Gasteiger partial charge in [-0.15, -0.1) is 0 Å². The van der Waals surface area contributed by atoms with Crippen LogP contribution in [0.5, 0.6) is 0 Å². The van der Waals surface area contributed by atoms with Gasteiger partial charge in [0, 0.05) is 19.3 Å². The summed E-state index contributed by atoms with van der Waals surface area (Å²) in [5.74, 6) is -0.910. The molecule has 0 aliphatic rings. The van der Waals surface area contributed by atoms with Crippen molar-refractivity contribution in [2.75, 3.05) is 13.2 Å². The average Bonchev–Trinajstić information content (AvgIpc) is 3.38. The van der Waals surface area contributed by atoms with E-state index >= 15 is 0 Å². The minimum atomic E-state index is -0.792. The van der Waals surface area contributed by atoms with Crippen LogP contribution in [0, 0.1) is 0 Å². The second kappa shape index (κ2) is 59.9. The zero-order valence-corrected chi connectivity index (χ0v) is 47.2. The van der Waals surface area contributed by atoms with E-state index < -0.39 is 6.10 Å². The number of ether oxygens (including phenoxy) is 3. The second-order valence-electron chi connectivity index (χ2n) is 19.8. The standard InChI is InChI=1S/C66H112O6/c1-4-7-10-13-16-19-22-25-28-31-33-36-38-41-44-47-50-53-56-59-65(68)71-62-63(61-70-64(67)58-55-52-49-46-43-40-37-34-30-27-24-21-18-15-12-9-6-3)72-66(69)60-57-54-51-48-45-42-39-35-32-29-26-23-20-17-14-11-8-5-2/h7,9-10,12,16,18-19,21,25,27-30,32-33,36,63H,4-6,8,11,13-15,17,20,22-24,26,31,34-35,37-62H2,1-3H3/b10-7-,12-9-,19-16-,21-18-,28-25-,30-27-,32-29-,36-33-. The van der Waals surface area contributed by atoms with Gasteiger partial charge >= 0.3 is 17.9 Å². The number of hydrogen-bond acceptors (Lipinski definition) is 6. The molecule has 1 atom stereocenters. The SMILES string of the molecule is CC/C=C\C/C=C\C/C=C\C/C=C\CCCCCCCCC(=O)OCC(COC(=O)CCCCCCCCC/C=C\C/C=C\C/C=C\CC)OC(=O)CCCCCCCCC/C=C\CCCCCCCCC. The molecule has 6 nitrogen and oxygen atoms in total. The van der Waals surface area contributed by atoms with Crippen molar-refractivity contribution in [2.24, 2.45) is 0 Å². The lowest BCUT2D eigenvalue weighted by atomic mass is 10.1. The van der Waals surface area contributed by atoms with Gasteiger partial charge in [-0.2, -0.15) is 0 Å². The van der Waals surface area contributed by atoms with Crippen LogP contribution in [-0.2, 0) is 28.6 Å². The molecule has 0 aromatic carbocycles. The van der Waals surface area contributed by atoms with Gasteiger partial charge in [0.15, 0.2) is 6.10 Å². The van der Waals surface area contributed by atoms with Crippen LogP contribution in [0.2, 0.25) is 0 Å². The third-order valence-electron chi connectivity index (χ3n) is 12.8. The van der Waals surface area contributed by atoms with E-state index in [4.69, 9.17) is 14.2 Å². The number of carbonyl (C=O) groups is 3. The predicted octanol–water partition coefficient (Wildman–Crippen LogP) is 20.5. The van der Waals surface area contributed by atoms with Crippen molar-refractivity contribution in [2.45, 2.75) is 290 Å². The second-order valence-corrected chi connectivity index (χ2v) is 19.8. The van der Waals surface area contributed by atoms with Crippen LogP contribution < -0.4 is 0 Å². The van der Waals surface area contributed by atoms with Gasteiger partial charge in [0.25, 0.3) is 0 Å². The van der Waals surface area contributed by atoms with Crippen LogP contribution in [-0.4, -0.2) is 37.2 Å². The first-order valence-electron chi connectivity index (χ1n) is 30.2. The van der Waals surface area contributed by atoms with Gasteiger partial charge in [0.1, 0.15) is 13.2 Å². The van der Waals surface area contributed by atoms with Crippen LogP contribution in [0.3, 0.4) is 0 Å². The van der Waals surface area contributed by atoms with E-state index in [1.54, 1.807) is 0 Å². The van der Waals surface area contributed by atoms with E-state index in [0.717, 1.165) is 122 Å².